The molecule has 4 rings (SSSR count). The highest BCUT2D eigenvalue weighted by Crippen LogP contribution is 2.28. The van der Waals surface area contributed by atoms with Crippen LogP contribution in [-0.4, -0.2) is 16.0 Å². The molecule has 0 aliphatic rings. The number of hydrogen-bond acceptors (Lipinski definition) is 4. The van der Waals surface area contributed by atoms with Crippen LogP contribution in [0, 0.1) is 0 Å². The van der Waals surface area contributed by atoms with Gasteiger partial charge in [-0.15, -0.1) is 0 Å². The molecule has 1 aromatic heterocycles. The number of anilines is 2. The molecule has 0 radical (unpaired) electrons. The number of nitrogens with two attached hydrogens (primary N) is 1. The number of carbonyl (C=O) groups excluding carboxylic acids is 1. The number of rotatable bonds is 5. The molecule has 0 saturated heterocycles. The minimum atomic E-state index is -1.28. The van der Waals surface area contributed by atoms with E-state index in [9.17, 15) is 9.90 Å². The van der Waals surface area contributed by atoms with Gasteiger partial charge in [0.25, 0.3) is 5.91 Å². The average molecular weight is 397 g/mol. The normalized spacial score (nSPS) is 11.9. The van der Waals surface area contributed by atoms with Gasteiger partial charge < -0.3 is 16.2 Å². The predicted octanol–water partition coefficient (Wildman–Crippen LogP) is 4.72. The number of nitrogens with zero attached hydrogens (tertiary/aromatic N) is 1. The quantitative estimate of drug-likeness (QED) is 0.455. The Bertz CT molecular complexity index is 1220. The molecule has 30 heavy (non-hydrogen) atoms. The summed E-state index contributed by atoms with van der Waals surface area (Å²) in [5.74, 6) is -0.0492. The van der Waals surface area contributed by atoms with E-state index in [0.717, 1.165) is 28.3 Å². The van der Waals surface area contributed by atoms with Crippen molar-refractivity contribution in [3.05, 3.63) is 90.1 Å². The van der Waals surface area contributed by atoms with E-state index in [4.69, 9.17) is 5.73 Å². The van der Waals surface area contributed by atoms with Crippen LogP contribution in [-0.2, 0) is 11.2 Å². The molecule has 0 aliphatic heterocycles. The Morgan fingerprint density at radius 2 is 1.90 bits per heavy atom. The molecule has 1 heterocycles. The van der Waals surface area contributed by atoms with Crippen LogP contribution in [0.4, 0.5) is 11.5 Å². The third kappa shape index (κ3) is 3.88. The second kappa shape index (κ2) is 8.35. The van der Waals surface area contributed by atoms with Crippen LogP contribution in [0.2, 0.25) is 0 Å². The number of benzene rings is 3. The number of aryl methyl sites for hydroxylation is 1. The number of hydrogen-bond donors (Lipinski definition) is 3. The molecule has 0 aliphatic carbocycles. The number of aliphatic hydroxyl groups excluding tert-OH is 1. The molecule has 0 fully saturated rings. The van der Waals surface area contributed by atoms with Crippen LogP contribution in [0.3, 0.4) is 0 Å². The van der Waals surface area contributed by atoms with Gasteiger partial charge in [-0.05, 0) is 64.4 Å². The van der Waals surface area contributed by atoms with Crippen molar-refractivity contribution in [2.24, 2.45) is 0 Å². The number of amides is 1. The van der Waals surface area contributed by atoms with Crippen molar-refractivity contribution >= 4 is 28.2 Å². The molecular formula is C25H23N3O2. The van der Waals surface area contributed by atoms with Gasteiger partial charge in [-0.1, -0.05) is 49.4 Å². The van der Waals surface area contributed by atoms with E-state index in [1.54, 1.807) is 18.3 Å². The summed E-state index contributed by atoms with van der Waals surface area (Å²) in [6.07, 6.45) is 1.25. The van der Waals surface area contributed by atoms with Gasteiger partial charge in [0.1, 0.15) is 5.82 Å². The number of nitrogens with one attached hydrogen (secondary N) is 1. The zero-order valence-electron chi connectivity index (χ0n) is 16.7. The average Bonchev–Trinajstić information content (AvgIpc) is 2.78. The first-order valence-corrected chi connectivity index (χ1v) is 9.88. The maximum absolute atomic E-state index is 12.7. The molecule has 0 spiro atoms. The topological polar surface area (TPSA) is 88.2 Å². The fraction of sp³-hybridized carbons (Fsp3) is 0.120. The van der Waals surface area contributed by atoms with Crippen LogP contribution in [0.25, 0.3) is 21.9 Å². The van der Waals surface area contributed by atoms with Crippen molar-refractivity contribution in [1.29, 1.82) is 0 Å². The fourth-order valence-corrected chi connectivity index (χ4v) is 3.63. The Balaban J connectivity index is 1.57. The SMILES string of the molecule is CCc1ccccc1-c1cccc(C(O)C(=O)Nc2ccc3c(N)nccc3c2)c1. The Hall–Kier alpha value is -3.70. The number of pyridine rings is 1. The van der Waals surface area contributed by atoms with E-state index >= 15 is 0 Å². The van der Waals surface area contributed by atoms with Crippen LogP contribution in [0.15, 0.2) is 79.0 Å². The summed E-state index contributed by atoms with van der Waals surface area (Å²) in [6, 6.07) is 22.8. The standard InChI is InChI=1S/C25H23N3O2/c1-2-16-6-3-4-9-21(16)17-7-5-8-19(14-17)23(29)25(30)28-20-10-11-22-18(15-20)12-13-27-24(22)26/h3-15,23,29H,2H2,1H3,(H2,26,27)(H,28,30). The number of carbonyl (C=O) groups is 1. The molecule has 4 N–H and O–H groups in total. The van der Waals surface area contributed by atoms with Crippen LogP contribution in [0.1, 0.15) is 24.2 Å². The van der Waals surface area contributed by atoms with Crippen molar-refractivity contribution in [3.8, 4) is 11.1 Å². The van der Waals surface area contributed by atoms with E-state index in [2.05, 4.69) is 29.4 Å². The lowest BCUT2D eigenvalue weighted by Crippen LogP contribution is -2.20. The zero-order chi connectivity index (χ0) is 21.1. The number of fused-ring (bicyclic) bond motifs is 1. The maximum Gasteiger partial charge on any atom is 0.257 e. The Labute approximate surface area is 175 Å². The highest BCUT2D eigenvalue weighted by molar-refractivity contribution is 5.99. The summed E-state index contributed by atoms with van der Waals surface area (Å²) in [5, 5.41) is 15.1. The molecular weight excluding hydrogens is 374 g/mol. The van der Waals surface area contributed by atoms with Gasteiger partial charge in [0.05, 0.1) is 0 Å². The van der Waals surface area contributed by atoms with Gasteiger partial charge in [0.2, 0.25) is 0 Å². The van der Waals surface area contributed by atoms with Crippen molar-refractivity contribution < 1.29 is 9.90 Å². The van der Waals surface area contributed by atoms with Gasteiger partial charge in [-0.25, -0.2) is 4.98 Å². The van der Waals surface area contributed by atoms with E-state index < -0.39 is 12.0 Å². The van der Waals surface area contributed by atoms with E-state index in [1.165, 1.54) is 5.56 Å². The largest absolute Gasteiger partial charge is 0.383 e. The summed E-state index contributed by atoms with van der Waals surface area (Å²) in [5.41, 5.74) is 10.3. The molecule has 150 valence electrons. The number of aromatic nitrogens is 1. The van der Waals surface area contributed by atoms with Gasteiger partial charge in [-0.3, -0.25) is 4.79 Å². The van der Waals surface area contributed by atoms with Gasteiger partial charge in [0, 0.05) is 17.3 Å². The van der Waals surface area contributed by atoms with Crippen molar-refractivity contribution in [2.45, 2.75) is 19.4 Å². The molecule has 5 nitrogen and oxygen atoms in total. The molecule has 0 bridgehead atoms. The Kier molecular flexibility index (Phi) is 5.46. The highest BCUT2D eigenvalue weighted by atomic mass is 16.3. The lowest BCUT2D eigenvalue weighted by atomic mass is 9.95. The molecule has 0 saturated carbocycles. The second-order valence-electron chi connectivity index (χ2n) is 7.16. The third-order valence-corrected chi connectivity index (χ3v) is 5.22. The van der Waals surface area contributed by atoms with E-state index in [0.29, 0.717) is 17.1 Å². The van der Waals surface area contributed by atoms with Gasteiger partial charge in [0.15, 0.2) is 6.10 Å². The fourth-order valence-electron chi connectivity index (χ4n) is 3.63. The summed E-state index contributed by atoms with van der Waals surface area (Å²) < 4.78 is 0. The number of nitrogen functional groups attached to an aromatic ring is 1. The second-order valence-corrected chi connectivity index (χ2v) is 7.16. The lowest BCUT2D eigenvalue weighted by Gasteiger charge is -2.14. The monoisotopic (exact) mass is 397 g/mol. The molecule has 1 amide bonds. The minimum Gasteiger partial charge on any atom is -0.383 e. The molecule has 1 unspecified atom stereocenters. The molecule has 1 atom stereocenters. The first-order valence-electron chi connectivity index (χ1n) is 9.88. The molecule has 5 heteroatoms. The summed E-state index contributed by atoms with van der Waals surface area (Å²) in [4.78, 5) is 16.8. The minimum absolute atomic E-state index is 0.439. The first kappa shape index (κ1) is 19.6. The van der Waals surface area contributed by atoms with Crippen LogP contribution >= 0.6 is 0 Å². The predicted molar refractivity (Wildman–Crippen MR) is 121 cm³/mol. The Morgan fingerprint density at radius 3 is 2.73 bits per heavy atom. The maximum atomic E-state index is 12.7. The molecule has 3 aromatic carbocycles. The summed E-state index contributed by atoms with van der Waals surface area (Å²) >= 11 is 0. The first-order chi connectivity index (χ1) is 14.6. The van der Waals surface area contributed by atoms with E-state index in [1.807, 2.05) is 48.5 Å². The van der Waals surface area contributed by atoms with Gasteiger partial charge >= 0.3 is 0 Å². The van der Waals surface area contributed by atoms with Crippen LogP contribution < -0.4 is 11.1 Å². The summed E-state index contributed by atoms with van der Waals surface area (Å²) in [6.45, 7) is 2.11. The third-order valence-electron chi connectivity index (χ3n) is 5.22. The smallest absolute Gasteiger partial charge is 0.257 e. The highest BCUT2D eigenvalue weighted by Gasteiger charge is 2.18. The van der Waals surface area contributed by atoms with Crippen molar-refractivity contribution in [3.63, 3.8) is 0 Å². The van der Waals surface area contributed by atoms with Crippen molar-refractivity contribution in [1.82, 2.24) is 4.98 Å². The van der Waals surface area contributed by atoms with Crippen molar-refractivity contribution in [2.75, 3.05) is 11.1 Å². The lowest BCUT2D eigenvalue weighted by molar-refractivity contribution is -0.124. The van der Waals surface area contributed by atoms with Gasteiger partial charge in [-0.2, -0.15) is 0 Å². The summed E-state index contributed by atoms with van der Waals surface area (Å²) in [7, 11) is 0. The molecule has 4 aromatic rings. The number of aliphatic hydroxyl groups is 1. The Morgan fingerprint density at radius 1 is 1.07 bits per heavy atom. The zero-order valence-corrected chi connectivity index (χ0v) is 16.7. The van der Waals surface area contributed by atoms with Crippen LogP contribution in [0.5, 0.6) is 0 Å². The van der Waals surface area contributed by atoms with E-state index in [-0.39, 0.29) is 0 Å².